The molecule has 0 aromatic heterocycles. The zero-order valence-corrected chi connectivity index (χ0v) is 17.5. The van der Waals surface area contributed by atoms with Crippen LogP contribution in [0.15, 0.2) is 41.5 Å². The molecule has 30 heavy (non-hydrogen) atoms. The van der Waals surface area contributed by atoms with Crippen LogP contribution in [-0.2, 0) is 9.59 Å². The van der Waals surface area contributed by atoms with Gasteiger partial charge in [-0.05, 0) is 48.4 Å². The Kier molecular flexibility index (Phi) is 8.73. The Morgan fingerprint density at radius 1 is 1.17 bits per heavy atom. The van der Waals surface area contributed by atoms with Crippen molar-refractivity contribution in [2.45, 2.75) is 19.8 Å². The minimum Gasteiger partial charge on any atom is -0.493 e. The van der Waals surface area contributed by atoms with Gasteiger partial charge in [0.2, 0.25) is 11.8 Å². The molecule has 0 radical (unpaired) electrons. The first-order chi connectivity index (χ1) is 14.4. The molecule has 0 bridgehead atoms. The lowest BCUT2D eigenvalue weighted by atomic mass is 10.2. The van der Waals surface area contributed by atoms with Crippen LogP contribution in [0.5, 0.6) is 11.5 Å². The monoisotopic (exact) mass is 427 g/mol. The Labute approximate surface area is 180 Å². The van der Waals surface area contributed by atoms with Gasteiger partial charge in [-0.2, -0.15) is 5.10 Å². The largest absolute Gasteiger partial charge is 0.493 e. The molecule has 0 aliphatic heterocycles. The number of carbonyl (C=O) groups is 2. The summed E-state index contributed by atoms with van der Waals surface area (Å²) in [6.45, 7) is 2.00. The highest BCUT2D eigenvalue weighted by atomic mass is 35.5. The van der Waals surface area contributed by atoms with Crippen molar-refractivity contribution in [3.8, 4) is 23.8 Å². The van der Waals surface area contributed by atoms with Crippen LogP contribution in [0.25, 0.3) is 0 Å². The third-order valence-electron chi connectivity index (χ3n) is 3.94. The number of halogens is 1. The fourth-order valence-corrected chi connectivity index (χ4v) is 2.54. The molecule has 7 nitrogen and oxygen atoms in total. The lowest BCUT2D eigenvalue weighted by Gasteiger charge is -2.09. The average Bonchev–Trinajstić information content (AvgIpc) is 2.73. The van der Waals surface area contributed by atoms with E-state index in [-0.39, 0.29) is 31.3 Å². The van der Waals surface area contributed by atoms with Crippen molar-refractivity contribution in [1.82, 2.24) is 5.43 Å². The van der Waals surface area contributed by atoms with E-state index in [0.29, 0.717) is 27.8 Å². The Balaban J connectivity index is 1.81. The fourth-order valence-electron chi connectivity index (χ4n) is 2.36. The maximum atomic E-state index is 12.0. The van der Waals surface area contributed by atoms with Gasteiger partial charge < -0.3 is 14.8 Å². The first-order valence-electron chi connectivity index (χ1n) is 9.05. The van der Waals surface area contributed by atoms with Gasteiger partial charge in [0.05, 0.1) is 13.3 Å². The molecule has 2 N–H and O–H groups in total. The maximum absolute atomic E-state index is 12.0. The summed E-state index contributed by atoms with van der Waals surface area (Å²) in [4.78, 5) is 23.9. The summed E-state index contributed by atoms with van der Waals surface area (Å²) in [5.41, 5.74) is 4.57. The van der Waals surface area contributed by atoms with Gasteiger partial charge in [-0.1, -0.05) is 23.6 Å². The van der Waals surface area contributed by atoms with Gasteiger partial charge in [-0.15, -0.1) is 6.42 Å². The molecule has 8 heteroatoms. The summed E-state index contributed by atoms with van der Waals surface area (Å²) in [7, 11) is 1.51. The molecule has 0 spiro atoms. The average molecular weight is 428 g/mol. The zero-order chi connectivity index (χ0) is 21.9. The normalized spacial score (nSPS) is 10.3. The maximum Gasteiger partial charge on any atom is 0.240 e. The fraction of sp³-hybridized carbons (Fsp3) is 0.227. The molecule has 0 saturated carbocycles. The standard InChI is InChI=1S/C22H22ClN3O4/c1-4-11-30-19-8-6-16(12-20(19)29-3)14-24-26-22(28)10-9-21(27)25-17-7-5-15(2)18(23)13-17/h1,5-8,12-14H,9-11H2,2-3H3,(H,25,27)(H,26,28). The summed E-state index contributed by atoms with van der Waals surface area (Å²) in [5.74, 6) is 2.71. The SMILES string of the molecule is C#CCOc1ccc(C=NNC(=O)CCC(=O)Nc2ccc(C)c(Cl)c2)cc1OC. The summed E-state index contributed by atoms with van der Waals surface area (Å²) in [6, 6.07) is 10.4. The predicted molar refractivity (Wildman–Crippen MR) is 117 cm³/mol. The lowest BCUT2D eigenvalue weighted by molar-refractivity contribution is -0.124. The second kappa shape index (κ2) is 11.5. The van der Waals surface area contributed by atoms with Gasteiger partial charge in [0, 0.05) is 23.6 Å². The summed E-state index contributed by atoms with van der Waals surface area (Å²) in [5, 5.41) is 7.15. The molecule has 0 atom stereocenters. The number of hydrogen-bond donors (Lipinski definition) is 2. The highest BCUT2D eigenvalue weighted by Crippen LogP contribution is 2.27. The smallest absolute Gasteiger partial charge is 0.240 e. The number of nitrogens with one attached hydrogen (secondary N) is 2. The van der Waals surface area contributed by atoms with E-state index < -0.39 is 0 Å². The van der Waals surface area contributed by atoms with Crippen LogP contribution in [0.3, 0.4) is 0 Å². The second-order valence-corrected chi connectivity index (χ2v) is 6.62. The van der Waals surface area contributed by atoms with Crippen LogP contribution in [0, 0.1) is 19.3 Å². The van der Waals surface area contributed by atoms with E-state index in [0.717, 1.165) is 5.56 Å². The summed E-state index contributed by atoms with van der Waals surface area (Å²) in [6.07, 6.45) is 6.64. The van der Waals surface area contributed by atoms with Gasteiger partial charge in [-0.25, -0.2) is 5.43 Å². The Morgan fingerprint density at radius 2 is 1.93 bits per heavy atom. The Morgan fingerprint density at radius 3 is 2.63 bits per heavy atom. The number of nitrogens with zero attached hydrogens (tertiary/aromatic N) is 1. The first kappa shape index (κ1) is 22.8. The molecular formula is C22H22ClN3O4. The highest BCUT2D eigenvalue weighted by Gasteiger charge is 2.08. The predicted octanol–water partition coefficient (Wildman–Crippen LogP) is 3.54. The third-order valence-corrected chi connectivity index (χ3v) is 4.34. The van der Waals surface area contributed by atoms with Crippen molar-refractivity contribution in [3.63, 3.8) is 0 Å². The van der Waals surface area contributed by atoms with Crippen LogP contribution in [0.4, 0.5) is 5.69 Å². The molecule has 2 amide bonds. The molecule has 0 aliphatic carbocycles. The van der Waals surface area contributed by atoms with E-state index in [9.17, 15) is 9.59 Å². The minimum atomic E-state index is -0.385. The van der Waals surface area contributed by atoms with E-state index in [4.69, 9.17) is 27.5 Å². The number of rotatable bonds is 9. The molecular weight excluding hydrogens is 406 g/mol. The molecule has 156 valence electrons. The van der Waals surface area contributed by atoms with Crippen LogP contribution in [0.2, 0.25) is 5.02 Å². The van der Waals surface area contributed by atoms with Crippen LogP contribution >= 0.6 is 11.6 Å². The second-order valence-electron chi connectivity index (χ2n) is 6.21. The first-order valence-corrected chi connectivity index (χ1v) is 9.43. The topological polar surface area (TPSA) is 89.0 Å². The van der Waals surface area contributed by atoms with Crippen molar-refractivity contribution < 1.29 is 19.1 Å². The Hall–Kier alpha value is -3.50. The van der Waals surface area contributed by atoms with Crippen molar-refractivity contribution in [1.29, 1.82) is 0 Å². The number of carbonyl (C=O) groups excluding carboxylic acids is 2. The molecule has 0 heterocycles. The number of terminal acetylenes is 1. The number of hydrazone groups is 1. The molecule has 2 aromatic carbocycles. The van der Waals surface area contributed by atoms with Gasteiger partial charge in [0.25, 0.3) is 0 Å². The third kappa shape index (κ3) is 7.15. The van der Waals surface area contributed by atoms with Crippen molar-refractivity contribution in [2.75, 3.05) is 19.0 Å². The summed E-state index contributed by atoms with van der Waals surface area (Å²) >= 11 is 6.03. The quantitative estimate of drug-likeness (QED) is 0.364. The molecule has 2 aromatic rings. The molecule has 0 unspecified atom stereocenters. The molecule has 0 fully saturated rings. The van der Waals surface area contributed by atoms with Gasteiger partial charge in [0.15, 0.2) is 11.5 Å². The minimum absolute atomic E-state index is 0.00897. The molecule has 0 aliphatic rings. The number of methoxy groups -OCH3 is 1. The number of anilines is 1. The van der Waals surface area contributed by atoms with Crippen molar-refractivity contribution in [2.24, 2.45) is 5.10 Å². The van der Waals surface area contributed by atoms with E-state index in [1.165, 1.54) is 13.3 Å². The van der Waals surface area contributed by atoms with E-state index >= 15 is 0 Å². The molecule has 0 saturated heterocycles. The van der Waals surface area contributed by atoms with Gasteiger partial charge >= 0.3 is 0 Å². The highest BCUT2D eigenvalue weighted by molar-refractivity contribution is 6.31. The number of aryl methyl sites for hydroxylation is 1. The number of amides is 2. The Bertz CT molecular complexity index is 983. The number of benzene rings is 2. The van der Waals surface area contributed by atoms with Crippen molar-refractivity contribution in [3.05, 3.63) is 52.5 Å². The van der Waals surface area contributed by atoms with Crippen LogP contribution in [-0.4, -0.2) is 31.7 Å². The summed E-state index contributed by atoms with van der Waals surface area (Å²) < 4.78 is 10.6. The van der Waals surface area contributed by atoms with E-state index in [2.05, 4.69) is 21.8 Å². The van der Waals surface area contributed by atoms with Crippen LogP contribution in [0.1, 0.15) is 24.0 Å². The van der Waals surface area contributed by atoms with Crippen molar-refractivity contribution >= 4 is 35.3 Å². The van der Waals surface area contributed by atoms with E-state index in [1.807, 2.05) is 13.0 Å². The number of hydrogen-bond acceptors (Lipinski definition) is 5. The van der Waals surface area contributed by atoms with E-state index in [1.54, 1.807) is 30.3 Å². The number of ether oxygens (including phenoxy) is 2. The van der Waals surface area contributed by atoms with Gasteiger partial charge in [0.1, 0.15) is 6.61 Å². The van der Waals surface area contributed by atoms with Crippen LogP contribution < -0.4 is 20.2 Å². The molecule has 2 rings (SSSR count). The zero-order valence-electron chi connectivity index (χ0n) is 16.7. The van der Waals surface area contributed by atoms with Gasteiger partial charge in [-0.3, -0.25) is 9.59 Å². The lowest BCUT2D eigenvalue weighted by Crippen LogP contribution is -2.20.